The van der Waals surface area contributed by atoms with E-state index in [2.05, 4.69) is 59.7 Å². The highest BCUT2D eigenvalue weighted by Gasteiger charge is 2.24. The fraction of sp³-hybridized carbons (Fsp3) is 0.474. The Balaban J connectivity index is 1.88. The molecule has 0 radical (unpaired) electrons. The van der Waals surface area contributed by atoms with E-state index < -0.39 is 0 Å². The first-order valence-electron chi connectivity index (χ1n) is 8.21. The first-order valence-corrected chi connectivity index (χ1v) is 8.21. The highest BCUT2D eigenvalue weighted by Crippen LogP contribution is 2.31. The van der Waals surface area contributed by atoms with Gasteiger partial charge in [-0.25, -0.2) is 0 Å². The van der Waals surface area contributed by atoms with Gasteiger partial charge < -0.3 is 10.2 Å². The van der Waals surface area contributed by atoms with Crippen LogP contribution in [0.25, 0.3) is 0 Å². The summed E-state index contributed by atoms with van der Waals surface area (Å²) in [5.74, 6) is 0. The molecule has 0 saturated carbocycles. The van der Waals surface area contributed by atoms with Gasteiger partial charge in [0.25, 0.3) is 0 Å². The highest BCUT2D eigenvalue weighted by molar-refractivity contribution is 5.29. The van der Waals surface area contributed by atoms with Crippen LogP contribution in [0.1, 0.15) is 39.0 Å². The zero-order chi connectivity index (χ0) is 14.5. The summed E-state index contributed by atoms with van der Waals surface area (Å²) in [6.07, 6.45) is 22.0. The standard InChI is InChI=1S/C19H26N2/c1-16-10-12-18(13-11-16)21(17-7-3-2-4-8-17)19-9-5-6-14-20-15-19/h2-3,5-6,9-10,12,17,20H,4,7-8,11,13-15H2,1H3. The van der Waals surface area contributed by atoms with Crippen molar-refractivity contribution in [2.45, 2.75) is 45.1 Å². The first kappa shape index (κ1) is 14.4. The van der Waals surface area contributed by atoms with Crippen molar-refractivity contribution in [2.24, 2.45) is 0 Å². The van der Waals surface area contributed by atoms with Gasteiger partial charge in [0.05, 0.1) is 0 Å². The van der Waals surface area contributed by atoms with E-state index in [0.29, 0.717) is 6.04 Å². The van der Waals surface area contributed by atoms with Gasteiger partial charge in [-0.15, -0.1) is 0 Å². The molecule has 1 aliphatic heterocycles. The number of nitrogens with zero attached hydrogens (tertiary/aromatic N) is 1. The van der Waals surface area contributed by atoms with Crippen molar-refractivity contribution in [3.63, 3.8) is 0 Å². The molecule has 1 heterocycles. The van der Waals surface area contributed by atoms with E-state index in [4.69, 9.17) is 0 Å². The summed E-state index contributed by atoms with van der Waals surface area (Å²) in [6, 6.07) is 0.618. The van der Waals surface area contributed by atoms with Crippen molar-refractivity contribution in [1.29, 1.82) is 0 Å². The monoisotopic (exact) mass is 282 g/mol. The SMILES string of the molecule is CC1=CC=C(N(C2=CC=CCNC2)C2CC=CCC2)CC1. The molecule has 0 bridgehead atoms. The minimum absolute atomic E-state index is 0.618. The Morgan fingerprint density at radius 2 is 2.00 bits per heavy atom. The molecule has 1 atom stereocenters. The molecule has 2 heteroatoms. The van der Waals surface area contributed by atoms with Crippen LogP contribution in [-0.2, 0) is 0 Å². The van der Waals surface area contributed by atoms with Crippen molar-refractivity contribution in [2.75, 3.05) is 13.1 Å². The summed E-state index contributed by atoms with van der Waals surface area (Å²) in [7, 11) is 0. The number of nitrogens with one attached hydrogen (secondary N) is 1. The third-order valence-electron chi connectivity index (χ3n) is 4.55. The second-order valence-electron chi connectivity index (χ2n) is 6.20. The van der Waals surface area contributed by atoms with Crippen molar-refractivity contribution in [1.82, 2.24) is 10.2 Å². The third-order valence-corrected chi connectivity index (χ3v) is 4.55. The minimum Gasteiger partial charge on any atom is -0.344 e. The summed E-state index contributed by atoms with van der Waals surface area (Å²) in [5.41, 5.74) is 4.41. The van der Waals surface area contributed by atoms with Crippen LogP contribution in [0.4, 0.5) is 0 Å². The molecule has 3 aliphatic rings. The van der Waals surface area contributed by atoms with Gasteiger partial charge in [-0.1, -0.05) is 36.0 Å². The van der Waals surface area contributed by atoms with Gasteiger partial charge in [-0.2, -0.15) is 0 Å². The third kappa shape index (κ3) is 3.56. The van der Waals surface area contributed by atoms with Crippen LogP contribution in [0.2, 0.25) is 0 Å². The average Bonchev–Trinajstić information content (AvgIpc) is 2.80. The van der Waals surface area contributed by atoms with Crippen LogP contribution in [0.15, 0.2) is 59.5 Å². The lowest BCUT2D eigenvalue weighted by atomic mass is 9.95. The molecule has 0 aromatic carbocycles. The van der Waals surface area contributed by atoms with E-state index in [1.165, 1.54) is 49.1 Å². The second kappa shape index (κ2) is 6.95. The van der Waals surface area contributed by atoms with Gasteiger partial charge in [0.15, 0.2) is 0 Å². The topological polar surface area (TPSA) is 15.3 Å². The van der Waals surface area contributed by atoms with E-state index in [9.17, 15) is 0 Å². The van der Waals surface area contributed by atoms with Crippen LogP contribution >= 0.6 is 0 Å². The Bertz CT molecular complexity index is 506. The molecule has 2 aliphatic carbocycles. The molecule has 1 N–H and O–H groups in total. The van der Waals surface area contributed by atoms with Crippen LogP contribution in [0.5, 0.6) is 0 Å². The average molecular weight is 282 g/mol. The predicted octanol–water partition coefficient (Wildman–Crippen LogP) is 4.06. The van der Waals surface area contributed by atoms with Crippen LogP contribution in [0.3, 0.4) is 0 Å². The molecular weight excluding hydrogens is 256 g/mol. The highest BCUT2D eigenvalue weighted by atomic mass is 15.2. The summed E-state index contributed by atoms with van der Waals surface area (Å²) in [6.45, 7) is 4.17. The summed E-state index contributed by atoms with van der Waals surface area (Å²) < 4.78 is 0. The zero-order valence-electron chi connectivity index (χ0n) is 13.0. The molecule has 0 aromatic rings. The van der Waals surface area contributed by atoms with Gasteiger partial charge >= 0.3 is 0 Å². The Labute approximate surface area is 128 Å². The molecule has 21 heavy (non-hydrogen) atoms. The van der Waals surface area contributed by atoms with Crippen molar-refractivity contribution in [3.8, 4) is 0 Å². The smallest absolute Gasteiger partial charge is 0.0373 e. The predicted molar refractivity (Wildman–Crippen MR) is 89.8 cm³/mol. The molecule has 3 rings (SSSR count). The molecule has 0 saturated heterocycles. The van der Waals surface area contributed by atoms with Crippen LogP contribution in [-0.4, -0.2) is 24.0 Å². The molecule has 1 unspecified atom stereocenters. The van der Waals surface area contributed by atoms with Crippen LogP contribution < -0.4 is 5.32 Å². The van der Waals surface area contributed by atoms with E-state index in [1.54, 1.807) is 0 Å². The Kier molecular flexibility index (Phi) is 4.76. The van der Waals surface area contributed by atoms with E-state index in [-0.39, 0.29) is 0 Å². The molecule has 0 amide bonds. The number of allylic oxidation sites excluding steroid dienone is 7. The lowest BCUT2D eigenvalue weighted by Crippen LogP contribution is -2.38. The van der Waals surface area contributed by atoms with Gasteiger partial charge in [0.1, 0.15) is 0 Å². The molecule has 0 aromatic heterocycles. The Hall–Kier alpha value is -1.54. The molecule has 0 fully saturated rings. The molecular formula is C19H26N2. The fourth-order valence-electron chi connectivity index (χ4n) is 3.35. The van der Waals surface area contributed by atoms with Gasteiger partial charge in [0.2, 0.25) is 0 Å². The largest absolute Gasteiger partial charge is 0.344 e. The second-order valence-corrected chi connectivity index (χ2v) is 6.20. The van der Waals surface area contributed by atoms with Gasteiger partial charge in [0, 0.05) is 30.5 Å². The molecule has 2 nitrogen and oxygen atoms in total. The Morgan fingerprint density at radius 1 is 1.05 bits per heavy atom. The fourth-order valence-corrected chi connectivity index (χ4v) is 3.35. The normalized spacial score (nSPS) is 25.8. The molecule has 112 valence electrons. The summed E-state index contributed by atoms with van der Waals surface area (Å²) >= 11 is 0. The quantitative estimate of drug-likeness (QED) is 0.785. The number of rotatable bonds is 3. The maximum atomic E-state index is 3.51. The van der Waals surface area contributed by atoms with Crippen molar-refractivity contribution < 1.29 is 0 Å². The lowest BCUT2D eigenvalue weighted by molar-refractivity contribution is 0.277. The maximum absolute atomic E-state index is 3.51. The van der Waals surface area contributed by atoms with E-state index >= 15 is 0 Å². The maximum Gasteiger partial charge on any atom is 0.0373 e. The summed E-state index contributed by atoms with van der Waals surface area (Å²) in [4.78, 5) is 2.62. The number of hydrogen-bond donors (Lipinski definition) is 1. The van der Waals surface area contributed by atoms with Crippen molar-refractivity contribution in [3.05, 3.63) is 59.5 Å². The zero-order valence-corrected chi connectivity index (χ0v) is 13.0. The van der Waals surface area contributed by atoms with E-state index in [0.717, 1.165) is 13.1 Å². The number of hydrogen-bond acceptors (Lipinski definition) is 2. The first-order chi connectivity index (χ1) is 10.3. The Morgan fingerprint density at radius 3 is 2.76 bits per heavy atom. The summed E-state index contributed by atoms with van der Waals surface area (Å²) in [5, 5.41) is 3.51. The van der Waals surface area contributed by atoms with E-state index in [1.807, 2.05) is 0 Å². The van der Waals surface area contributed by atoms with Gasteiger partial charge in [-0.05, 0) is 51.2 Å². The van der Waals surface area contributed by atoms with Crippen LogP contribution in [0, 0.1) is 0 Å². The van der Waals surface area contributed by atoms with Crippen molar-refractivity contribution >= 4 is 0 Å². The minimum atomic E-state index is 0.618. The molecule has 0 spiro atoms. The lowest BCUT2D eigenvalue weighted by Gasteiger charge is -2.39. The van der Waals surface area contributed by atoms with Gasteiger partial charge in [-0.3, -0.25) is 0 Å².